The van der Waals surface area contributed by atoms with Gasteiger partial charge in [-0.25, -0.2) is 8.78 Å². The molecule has 42 heavy (non-hydrogen) atoms. The number of hydrogen-bond donors (Lipinski definition) is 1. The minimum Gasteiger partial charge on any atom is -0.497 e. The molecule has 1 aromatic carbocycles. The van der Waals surface area contributed by atoms with E-state index in [2.05, 4.69) is 5.32 Å². The summed E-state index contributed by atoms with van der Waals surface area (Å²) < 4.78 is 37.7. The van der Waals surface area contributed by atoms with Crippen LogP contribution in [-0.2, 0) is 30.3 Å². The number of rotatable bonds is 16. The molecule has 2 aliphatic heterocycles. The van der Waals surface area contributed by atoms with Gasteiger partial charge in [0, 0.05) is 37.6 Å². The highest BCUT2D eigenvalue weighted by molar-refractivity contribution is 5.97. The quantitative estimate of drug-likeness (QED) is 0.288. The van der Waals surface area contributed by atoms with Gasteiger partial charge in [0.05, 0.1) is 32.8 Å². The number of likely N-dealkylation sites (tertiary alicyclic amines) is 1. The zero-order chi connectivity index (χ0) is 30.5. The number of carbonyl (C=O) groups excluding carboxylic acids is 4. The predicted molar refractivity (Wildman–Crippen MR) is 152 cm³/mol. The van der Waals surface area contributed by atoms with Crippen LogP contribution in [0.15, 0.2) is 24.3 Å². The first kappa shape index (κ1) is 32.2. The molecular formula is C32H44F2N2O6. The summed E-state index contributed by atoms with van der Waals surface area (Å²) in [5, 5.41) is 2.85. The number of epoxide rings is 1. The van der Waals surface area contributed by atoms with E-state index in [1.807, 2.05) is 12.1 Å². The Morgan fingerprint density at radius 1 is 1.12 bits per heavy atom. The molecule has 0 bridgehead atoms. The lowest BCUT2D eigenvalue weighted by Crippen LogP contribution is -2.46. The second-order valence-electron chi connectivity index (χ2n) is 12.7. The third-order valence-corrected chi connectivity index (χ3v) is 8.94. The molecule has 1 saturated carbocycles. The number of alkyl halides is 2. The molecule has 0 spiro atoms. The fourth-order valence-corrected chi connectivity index (χ4v) is 6.25. The molecule has 10 heteroatoms. The molecular weight excluding hydrogens is 546 g/mol. The summed E-state index contributed by atoms with van der Waals surface area (Å²) in [7, 11) is 1.56. The third kappa shape index (κ3) is 8.89. The van der Waals surface area contributed by atoms with Crippen LogP contribution in [0.1, 0.15) is 70.8 Å². The van der Waals surface area contributed by atoms with Gasteiger partial charge in [0.15, 0.2) is 11.6 Å². The van der Waals surface area contributed by atoms with Gasteiger partial charge in [0.25, 0.3) is 5.92 Å². The number of carbonyl (C=O) groups is 4. The van der Waals surface area contributed by atoms with Crippen molar-refractivity contribution in [2.24, 2.45) is 17.8 Å². The number of ketones is 3. The first-order valence-electron chi connectivity index (χ1n) is 15.1. The van der Waals surface area contributed by atoms with Gasteiger partial charge in [-0.15, -0.1) is 0 Å². The van der Waals surface area contributed by atoms with E-state index < -0.39 is 41.9 Å². The Kier molecular flexibility index (Phi) is 10.5. The lowest BCUT2D eigenvalue weighted by atomic mass is 9.81. The second-order valence-corrected chi connectivity index (χ2v) is 12.7. The van der Waals surface area contributed by atoms with Crippen molar-refractivity contribution >= 4 is 23.3 Å². The van der Waals surface area contributed by atoms with E-state index in [1.165, 1.54) is 4.90 Å². The SMILES string of the molecule is COc1ccc(C[C@H](NC(=O)[C@H](C)CC(=O)CN2CCC(F)(F)C2)C(=O)C[C@@H](CC2CCCC2)C(=O)[C@@]2(C)CO2)cc1. The number of nitrogens with zero attached hydrogens (tertiary/aromatic N) is 1. The van der Waals surface area contributed by atoms with E-state index in [-0.39, 0.29) is 56.1 Å². The van der Waals surface area contributed by atoms with Crippen LogP contribution in [0.5, 0.6) is 5.75 Å². The first-order chi connectivity index (χ1) is 19.9. The molecule has 1 N–H and O–H groups in total. The molecule has 8 nitrogen and oxygen atoms in total. The van der Waals surface area contributed by atoms with Gasteiger partial charge in [0.1, 0.15) is 17.1 Å². The molecule has 1 amide bonds. The molecule has 1 aliphatic carbocycles. The van der Waals surface area contributed by atoms with Crippen molar-refractivity contribution in [2.75, 3.05) is 33.4 Å². The topological polar surface area (TPSA) is 105 Å². The number of Topliss-reactive ketones (excluding diaryl/α,β-unsaturated/α-hetero) is 3. The summed E-state index contributed by atoms with van der Waals surface area (Å²) in [6, 6.07) is 6.31. The molecule has 4 rings (SSSR count). The number of hydrogen-bond acceptors (Lipinski definition) is 7. The van der Waals surface area contributed by atoms with Crippen molar-refractivity contribution in [2.45, 2.75) is 89.2 Å². The maximum atomic E-state index is 13.8. The predicted octanol–water partition coefficient (Wildman–Crippen LogP) is 4.17. The molecule has 0 aromatic heterocycles. The lowest BCUT2D eigenvalue weighted by Gasteiger charge is -2.25. The molecule has 1 aromatic rings. The summed E-state index contributed by atoms with van der Waals surface area (Å²) in [5.41, 5.74) is -0.0313. The molecule has 3 aliphatic rings. The number of ether oxygens (including phenoxy) is 2. The van der Waals surface area contributed by atoms with Crippen molar-refractivity contribution in [3.05, 3.63) is 29.8 Å². The zero-order valence-electron chi connectivity index (χ0n) is 25.0. The second kappa shape index (κ2) is 13.7. The van der Waals surface area contributed by atoms with Crippen LogP contribution < -0.4 is 10.1 Å². The van der Waals surface area contributed by atoms with Crippen LogP contribution in [-0.4, -0.2) is 79.1 Å². The van der Waals surface area contributed by atoms with Crippen LogP contribution in [0, 0.1) is 17.8 Å². The monoisotopic (exact) mass is 590 g/mol. The molecule has 232 valence electrons. The molecule has 4 atom stereocenters. The highest BCUT2D eigenvalue weighted by Gasteiger charge is 2.50. The van der Waals surface area contributed by atoms with E-state index >= 15 is 0 Å². The molecule has 2 heterocycles. The number of methoxy groups -OCH3 is 1. The Hall–Kier alpha value is -2.72. The summed E-state index contributed by atoms with van der Waals surface area (Å²) in [4.78, 5) is 54.4. The van der Waals surface area contributed by atoms with Crippen LogP contribution in [0.3, 0.4) is 0 Å². The van der Waals surface area contributed by atoms with E-state index in [9.17, 15) is 28.0 Å². The van der Waals surface area contributed by atoms with Gasteiger partial charge >= 0.3 is 0 Å². The average molecular weight is 591 g/mol. The lowest BCUT2D eigenvalue weighted by molar-refractivity contribution is -0.134. The van der Waals surface area contributed by atoms with E-state index in [4.69, 9.17) is 9.47 Å². The minimum absolute atomic E-state index is 0.00582. The van der Waals surface area contributed by atoms with Crippen molar-refractivity contribution in [3.8, 4) is 5.75 Å². The fraction of sp³-hybridized carbons (Fsp3) is 0.688. The van der Waals surface area contributed by atoms with Crippen LogP contribution in [0.4, 0.5) is 8.78 Å². The normalized spacial score (nSPS) is 24.1. The smallest absolute Gasteiger partial charge is 0.261 e. The van der Waals surface area contributed by atoms with Crippen LogP contribution >= 0.6 is 0 Å². The van der Waals surface area contributed by atoms with Crippen LogP contribution in [0.2, 0.25) is 0 Å². The maximum Gasteiger partial charge on any atom is 0.261 e. The van der Waals surface area contributed by atoms with Gasteiger partial charge in [-0.2, -0.15) is 0 Å². The Bertz CT molecular complexity index is 1130. The maximum absolute atomic E-state index is 13.8. The van der Waals surface area contributed by atoms with E-state index in [0.29, 0.717) is 24.7 Å². The minimum atomic E-state index is -2.79. The number of benzene rings is 1. The first-order valence-corrected chi connectivity index (χ1v) is 15.1. The fourth-order valence-electron chi connectivity index (χ4n) is 6.25. The highest BCUT2D eigenvalue weighted by Crippen LogP contribution is 2.37. The number of nitrogens with one attached hydrogen (secondary N) is 1. The zero-order valence-corrected chi connectivity index (χ0v) is 25.0. The van der Waals surface area contributed by atoms with Crippen molar-refractivity contribution in [3.63, 3.8) is 0 Å². The number of halogens is 2. The third-order valence-electron chi connectivity index (χ3n) is 8.94. The molecule has 2 saturated heterocycles. The standard InChI is InChI=1S/C32H44F2N2O6/c1-21(14-25(37)18-36-13-12-32(33,34)19-36)30(40)35-27(16-23-8-10-26(41-3)11-9-23)28(38)17-24(15-22-6-4-5-7-22)29(39)31(2)20-42-31/h8-11,21-22,24,27H,4-7,12-20H2,1-3H3,(H,35,40)/t21-,24-,27+,31-/m1/s1. The summed E-state index contributed by atoms with van der Waals surface area (Å²) >= 11 is 0. The Balaban J connectivity index is 1.43. The van der Waals surface area contributed by atoms with Gasteiger partial charge < -0.3 is 14.8 Å². The molecule has 0 unspecified atom stereocenters. The van der Waals surface area contributed by atoms with Crippen molar-refractivity contribution in [1.82, 2.24) is 10.2 Å². The largest absolute Gasteiger partial charge is 0.497 e. The van der Waals surface area contributed by atoms with Gasteiger partial charge in [0.2, 0.25) is 5.91 Å². The number of amides is 1. The van der Waals surface area contributed by atoms with Gasteiger partial charge in [-0.1, -0.05) is 44.7 Å². The van der Waals surface area contributed by atoms with Crippen LogP contribution in [0.25, 0.3) is 0 Å². The Labute approximate surface area is 246 Å². The average Bonchev–Trinajstić information content (AvgIpc) is 3.31. The summed E-state index contributed by atoms with van der Waals surface area (Å²) in [6.07, 6.45) is 4.80. The Morgan fingerprint density at radius 3 is 2.36 bits per heavy atom. The van der Waals surface area contributed by atoms with Gasteiger partial charge in [-0.05, 0) is 43.4 Å². The Morgan fingerprint density at radius 2 is 1.79 bits per heavy atom. The van der Waals surface area contributed by atoms with Crippen molar-refractivity contribution < 1.29 is 37.4 Å². The van der Waals surface area contributed by atoms with E-state index in [0.717, 1.165) is 31.2 Å². The van der Waals surface area contributed by atoms with E-state index in [1.54, 1.807) is 33.1 Å². The summed E-state index contributed by atoms with van der Waals surface area (Å²) in [5.74, 6) is -4.02. The van der Waals surface area contributed by atoms with Gasteiger partial charge in [-0.3, -0.25) is 24.1 Å². The summed E-state index contributed by atoms with van der Waals surface area (Å²) in [6.45, 7) is 3.27. The molecule has 3 fully saturated rings. The molecule has 0 radical (unpaired) electrons. The highest BCUT2D eigenvalue weighted by atomic mass is 19.3. The van der Waals surface area contributed by atoms with Crippen molar-refractivity contribution in [1.29, 1.82) is 0 Å².